The van der Waals surface area contributed by atoms with Crippen molar-refractivity contribution in [1.29, 1.82) is 0 Å². The molecule has 1 rings (SSSR count). The molecular formula is C12H18N2O. The van der Waals surface area contributed by atoms with Crippen molar-refractivity contribution in [3.05, 3.63) is 29.3 Å². The van der Waals surface area contributed by atoms with Crippen molar-refractivity contribution in [2.45, 2.75) is 20.8 Å². The summed E-state index contributed by atoms with van der Waals surface area (Å²) in [6.45, 7) is 6.96. The van der Waals surface area contributed by atoms with Gasteiger partial charge in [-0.15, -0.1) is 0 Å². The predicted octanol–water partition coefficient (Wildman–Crippen LogP) is 2.16. The summed E-state index contributed by atoms with van der Waals surface area (Å²) < 4.78 is 0. The van der Waals surface area contributed by atoms with Crippen LogP contribution < -0.4 is 11.1 Å². The summed E-state index contributed by atoms with van der Waals surface area (Å²) in [6, 6.07) is 5.69. The van der Waals surface area contributed by atoms with Crippen LogP contribution in [0.2, 0.25) is 0 Å². The van der Waals surface area contributed by atoms with E-state index in [4.69, 9.17) is 5.73 Å². The molecule has 0 saturated carbocycles. The second kappa shape index (κ2) is 4.82. The molecule has 0 radical (unpaired) electrons. The number of rotatable bonds is 4. The molecule has 0 spiro atoms. The van der Waals surface area contributed by atoms with Gasteiger partial charge in [0.2, 0.25) is 0 Å². The molecule has 82 valence electrons. The number of nitrogens with one attached hydrogen (secondary N) is 1. The van der Waals surface area contributed by atoms with Crippen molar-refractivity contribution in [1.82, 2.24) is 0 Å². The molecule has 0 aromatic heterocycles. The highest BCUT2D eigenvalue weighted by Gasteiger charge is 2.10. The van der Waals surface area contributed by atoms with Gasteiger partial charge >= 0.3 is 0 Å². The number of carbonyl (C=O) groups is 1. The van der Waals surface area contributed by atoms with E-state index in [1.165, 1.54) is 0 Å². The highest BCUT2D eigenvalue weighted by atomic mass is 16.1. The molecule has 0 bridgehead atoms. The lowest BCUT2D eigenvalue weighted by atomic mass is 10.1. The predicted molar refractivity (Wildman–Crippen MR) is 63.0 cm³/mol. The molecule has 3 N–H and O–H groups in total. The lowest BCUT2D eigenvalue weighted by molar-refractivity contribution is 0.100. The molecular weight excluding hydrogens is 188 g/mol. The number of aryl methyl sites for hydroxylation is 1. The molecule has 0 heterocycles. The van der Waals surface area contributed by atoms with Crippen LogP contribution in [-0.2, 0) is 0 Å². The number of hydrogen-bond acceptors (Lipinski definition) is 2. The number of benzene rings is 1. The molecule has 0 unspecified atom stereocenters. The van der Waals surface area contributed by atoms with E-state index in [0.29, 0.717) is 11.5 Å². The van der Waals surface area contributed by atoms with Gasteiger partial charge in [0.15, 0.2) is 0 Å². The number of carbonyl (C=O) groups excluding carboxylic acids is 1. The normalized spacial score (nSPS) is 10.4. The molecule has 3 nitrogen and oxygen atoms in total. The van der Waals surface area contributed by atoms with E-state index in [9.17, 15) is 4.79 Å². The maximum Gasteiger partial charge on any atom is 0.251 e. The fraction of sp³-hybridized carbons (Fsp3) is 0.417. The van der Waals surface area contributed by atoms with Crippen molar-refractivity contribution in [2.24, 2.45) is 11.7 Å². The van der Waals surface area contributed by atoms with Crippen molar-refractivity contribution >= 4 is 11.6 Å². The summed E-state index contributed by atoms with van der Waals surface area (Å²) >= 11 is 0. The third-order valence-electron chi connectivity index (χ3n) is 2.22. The third kappa shape index (κ3) is 2.98. The average Bonchev–Trinajstić information content (AvgIpc) is 2.13. The second-order valence-electron chi connectivity index (χ2n) is 4.14. The Morgan fingerprint density at radius 3 is 2.67 bits per heavy atom. The van der Waals surface area contributed by atoms with E-state index in [1.807, 2.05) is 25.1 Å². The van der Waals surface area contributed by atoms with Gasteiger partial charge in [-0.3, -0.25) is 4.79 Å². The molecule has 3 heteroatoms. The van der Waals surface area contributed by atoms with Crippen LogP contribution in [0, 0.1) is 12.8 Å². The van der Waals surface area contributed by atoms with Gasteiger partial charge in [-0.1, -0.05) is 26.0 Å². The van der Waals surface area contributed by atoms with E-state index in [0.717, 1.165) is 17.8 Å². The Kier molecular flexibility index (Phi) is 3.72. The summed E-state index contributed by atoms with van der Waals surface area (Å²) in [5.74, 6) is 0.158. The van der Waals surface area contributed by atoms with Gasteiger partial charge in [0.1, 0.15) is 0 Å². The maximum absolute atomic E-state index is 11.3. The van der Waals surface area contributed by atoms with Gasteiger partial charge in [-0.25, -0.2) is 0 Å². The van der Waals surface area contributed by atoms with E-state index in [-0.39, 0.29) is 5.91 Å². The van der Waals surface area contributed by atoms with Gasteiger partial charge in [-0.05, 0) is 24.5 Å². The third-order valence-corrected chi connectivity index (χ3v) is 2.22. The van der Waals surface area contributed by atoms with Crippen molar-refractivity contribution in [3.8, 4) is 0 Å². The quantitative estimate of drug-likeness (QED) is 0.793. The van der Waals surface area contributed by atoms with Gasteiger partial charge < -0.3 is 11.1 Å². The highest BCUT2D eigenvalue weighted by Crippen LogP contribution is 2.19. The van der Waals surface area contributed by atoms with Crippen LogP contribution in [0.1, 0.15) is 29.8 Å². The largest absolute Gasteiger partial charge is 0.384 e. The van der Waals surface area contributed by atoms with Crippen LogP contribution in [0.4, 0.5) is 5.69 Å². The van der Waals surface area contributed by atoms with Crippen LogP contribution in [0.5, 0.6) is 0 Å². The topological polar surface area (TPSA) is 55.1 Å². The lowest BCUT2D eigenvalue weighted by Crippen LogP contribution is -2.17. The second-order valence-corrected chi connectivity index (χ2v) is 4.14. The molecule has 0 aliphatic rings. The summed E-state index contributed by atoms with van der Waals surface area (Å²) in [4.78, 5) is 11.3. The smallest absolute Gasteiger partial charge is 0.251 e. The maximum atomic E-state index is 11.3. The minimum Gasteiger partial charge on any atom is -0.384 e. The minimum atomic E-state index is -0.376. The number of primary amides is 1. The molecule has 0 aliphatic carbocycles. The van der Waals surface area contributed by atoms with Gasteiger partial charge in [-0.2, -0.15) is 0 Å². The van der Waals surface area contributed by atoms with Gasteiger partial charge in [0.05, 0.1) is 5.56 Å². The molecule has 0 fully saturated rings. The summed E-state index contributed by atoms with van der Waals surface area (Å²) in [6.07, 6.45) is 0. The SMILES string of the molecule is Cc1cccc(NCC(C)C)c1C(N)=O. The summed E-state index contributed by atoms with van der Waals surface area (Å²) in [5, 5.41) is 3.23. The summed E-state index contributed by atoms with van der Waals surface area (Å²) in [5.41, 5.74) is 7.68. The number of nitrogens with two attached hydrogens (primary N) is 1. The molecule has 1 aromatic rings. The first-order valence-corrected chi connectivity index (χ1v) is 5.15. The number of hydrogen-bond donors (Lipinski definition) is 2. The van der Waals surface area contributed by atoms with Crippen molar-refractivity contribution in [3.63, 3.8) is 0 Å². The van der Waals surface area contributed by atoms with Crippen LogP contribution in [0.25, 0.3) is 0 Å². The first-order chi connectivity index (χ1) is 7.02. The zero-order chi connectivity index (χ0) is 11.4. The fourth-order valence-electron chi connectivity index (χ4n) is 1.46. The highest BCUT2D eigenvalue weighted by molar-refractivity contribution is 5.99. The minimum absolute atomic E-state index is 0.376. The standard InChI is InChI=1S/C12H18N2O/c1-8(2)7-14-10-6-4-5-9(3)11(10)12(13)15/h4-6,8,14H,7H2,1-3H3,(H2,13,15). The van der Waals surface area contributed by atoms with Gasteiger partial charge in [0, 0.05) is 12.2 Å². The Bertz CT molecular complexity index is 359. The molecule has 0 aliphatic heterocycles. The monoisotopic (exact) mass is 206 g/mol. The molecule has 0 atom stereocenters. The Hall–Kier alpha value is -1.51. The number of amides is 1. The van der Waals surface area contributed by atoms with Crippen molar-refractivity contribution < 1.29 is 4.79 Å². The first kappa shape index (κ1) is 11.6. The van der Waals surface area contributed by atoms with Crippen LogP contribution in [0.3, 0.4) is 0 Å². The van der Waals surface area contributed by atoms with E-state index >= 15 is 0 Å². The number of anilines is 1. The molecule has 1 amide bonds. The zero-order valence-electron chi connectivity index (χ0n) is 9.50. The Balaban J connectivity index is 2.96. The van der Waals surface area contributed by atoms with E-state index in [2.05, 4.69) is 19.2 Å². The van der Waals surface area contributed by atoms with E-state index in [1.54, 1.807) is 0 Å². The Morgan fingerprint density at radius 2 is 2.13 bits per heavy atom. The van der Waals surface area contributed by atoms with Crippen molar-refractivity contribution in [2.75, 3.05) is 11.9 Å². The molecule has 0 saturated heterocycles. The molecule has 15 heavy (non-hydrogen) atoms. The van der Waals surface area contributed by atoms with Crippen LogP contribution >= 0.6 is 0 Å². The average molecular weight is 206 g/mol. The van der Waals surface area contributed by atoms with Crippen LogP contribution in [-0.4, -0.2) is 12.5 Å². The summed E-state index contributed by atoms with van der Waals surface area (Å²) in [7, 11) is 0. The Labute approximate surface area is 90.7 Å². The first-order valence-electron chi connectivity index (χ1n) is 5.15. The van der Waals surface area contributed by atoms with E-state index < -0.39 is 0 Å². The lowest BCUT2D eigenvalue weighted by Gasteiger charge is -2.13. The van der Waals surface area contributed by atoms with Gasteiger partial charge in [0.25, 0.3) is 5.91 Å². The zero-order valence-corrected chi connectivity index (χ0v) is 9.50. The van der Waals surface area contributed by atoms with Crippen LogP contribution in [0.15, 0.2) is 18.2 Å². The fourth-order valence-corrected chi connectivity index (χ4v) is 1.46. The Morgan fingerprint density at radius 1 is 1.47 bits per heavy atom. The molecule has 1 aromatic carbocycles.